The molecule has 2 bridgehead atoms. The number of methoxy groups -OCH3 is 1. The van der Waals surface area contributed by atoms with Gasteiger partial charge in [0.05, 0.1) is 45.4 Å². The summed E-state index contributed by atoms with van der Waals surface area (Å²) in [5.41, 5.74) is 5.91. The molecule has 3 amide bonds. The molecule has 480 valence electrons. The van der Waals surface area contributed by atoms with Crippen LogP contribution in [0.25, 0.3) is 43.4 Å². The molecule has 3 aliphatic rings. The number of hydrogen-bond acceptors (Lipinski definition) is 16. The van der Waals surface area contributed by atoms with Gasteiger partial charge in [0.15, 0.2) is 12.6 Å². The molecule has 0 saturated carbocycles. The average Bonchev–Trinajstić information content (AvgIpc) is 1.26. The number of amides is 3. The van der Waals surface area contributed by atoms with E-state index in [0.29, 0.717) is 54.5 Å². The summed E-state index contributed by atoms with van der Waals surface area (Å²) < 4.78 is 44.6. The highest BCUT2D eigenvalue weighted by Gasteiger charge is 2.45. The van der Waals surface area contributed by atoms with Gasteiger partial charge in [-0.05, 0) is 142 Å². The van der Waals surface area contributed by atoms with E-state index in [9.17, 15) is 24.3 Å². The molecule has 8 heterocycles. The van der Waals surface area contributed by atoms with Crippen molar-refractivity contribution in [1.82, 2.24) is 49.5 Å². The van der Waals surface area contributed by atoms with Crippen LogP contribution in [0.1, 0.15) is 125 Å². The summed E-state index contributed by atoms with van der Waals surface area (Å²) in [6.45, 7) is 19.3. The van der Waals surface area contributed by atoms with Gasteiger partial charge < -0.3 is 49.1 Å². The third-order valence-electron chi connectivity index (χ3n) is 17.6. The molecule has 0 radical (unpaired) electrons. The number of thiazole rings is 1. The number of anilines is 1. The number of aromatic hydroxyl groups is 1. The van der Waals surface area contributed by atoms with E-state index in [1.807, 2.05) is 126 Å². The molecule has 8 aromatic rings. The van der Waals surface area contributed by atoms with Gasteiger partial charge in [0.1, 0.15) is 52.5 Å². The largest absolute Gasteiger partial charge is 0.506 e. The smallest absolute Gasteiger partial charge is 0.410 e. The number of aryl methyl sites for hydroxylation is 3. The van der Waals surface area contributed by atoms with E-state index in [1.54, 1.807) is 30.7 Å². The van der Waals surface area contributed by atoms with Crippen molar-refractivity contribution in [1.29, 1.82) is 0 Å². The lowest BCUT2D eigenvalue weighted by atomic mass is 9.86. The molecule has 2 unspecified atom stereocenters. The van der Waals surface area contributed by atoms with Crippen molar-refractivity contribution in [2.45, 2.75) is 144 Å². The standard InChI is InChI=1S/C69H82FN11O9S/c1-10-45-13-11-14-47-31-52(89-41-87-9)33-53(57(45)47)59-58(70)60-54(35-71-59)63(79-36-48-20-21-49(37-79)81(48)67(86)90-69(6,7)8)76-66(75-60)88-39-50-15-12-26-78(50)30-24-43-22-27-77(28-23-43)29-25-56(83)74-62(68(3,4)5)65(85)80-38-51(82)32-55(80)64(84)72-34-44-16-18-46(19-17-44)61-42(2)73-40-91-61/h11-19,26,31-33,35,38,40,43,48-49,62,82H,10,20-25,27-30,34,36-37,39,41H2,1-9H3,(H,72,84)(H,74,83)/t48?,49?,62-/m1/s1. The number of halogens is 1. The topological polar surface area (TPSA) is 221 Å². The summed E-state index contributed by atoms with van der Waals surface area (Å²) in [6, 6.07) is 21.5. The van der Waals surface area contributed by atoms with Crippen molar-refractivity contribution in [2.24, 2.45) is 11.3 Å². The van der Waals surface area contributed by atoms with Crippen LogP contribution < -0.4 is 25.0 Å². The van der Waals surface area contributed by atoms with Crippen LogP contribution in [0.15, 0.2) is 96.9 Å². The van der Waals surface area contributed by atoms with E-state index >= 15 is 4.39 Å². The lowest BCUT2D eigenvalue weighted by molar-refractivity contribution is -0.122. The zero-order chi connectivity index (χ0) is 64.3. The van der Waals surface area contributed by atoms with E-state index in [1.165, 1.54) is 12.3 Å². The first-order chi connectivity index (χ1) is 43.6. The number of piperazine rings is 1. The molecule has 3 aromatic carbocycles. The maximum atomic E-state index is 17.7. The minimum absolute atomic E-state index is 0.0109. The molecule has 91 heavy (non-hydrogen) atoms. The highest BCUT2D eigenvalue weighted by Crippen LogP contribution is 2.41. The van der Waals surface area contributed by atoms with Crippen LogP contribution in [0.4, 0.5) is 15.0 Å². The average molecular weight is 1260 g/mol. The molecule has 11 rings (SSSR count). The van der Waals surface area contributed by atoms with Crippen LogP contribution in [-0.2, 0) is 40.4 Å². The van der Waals surface area contributed by atoms with Crippen molar-refractivity contribution in [2.75, 3.05) is 51.5 Å². The summed E-state index contributed by atoms with van der Waals surface area (Å²) >= 11 is 1.56. The second-order valence-electron chi connectivity index (χ2n) is 26.2. The van der Waals surface area contributed by atoms with Crippen molar-refractivity contribution in [3.63, 3.8) is 0 Å². The Balaban J connectivity index is 0.722. The Morgan fingerprint density at radius 1 is 0.890 bits per heavy atom. The van der Waals surface area contributed by atoms with E-state index in [-0.39, 0.29) is 79.1 Å². The first kappa shape index (κ1) is 64.1. The number of carbonyl (C=O) groups is 4. The third kappa shape index (κ3) is 14.5. The van der Waals surface area contributed by atoms with Gasteiger partial charge >= 0.3 is 12.1 Å². The predicted molar refractivity (Wildman–Crippen MR) is 348 cm³/mol. The number of ether oxygens (including phenoxy) is 4. The number of rotatable bonds is 21. The Morgan fingerprint density at radius 2 is 1.65 bits per heavy atom. The summed E-state index contributed by atoms with van der Waals surface area (Å²) in [4.78, 5) is 81.4. The zero-order valence-electron chi connectivity index (χ0n) is 53.4. The number of carbonyl (C=O) groups excluding carboxylic acids is 4. The highest BCUT2D eigenvalue weighted by molar-refractivity contribution is 7.13. The van der Waals surface area contributed by atoms with Gasteiger partial charge in [-0.2, -0.15) is 9.97 Å². The fourth-order valence-electron chi connectivity index (χ4n) is 12.8. The first-order valence-electron chi connectivity index (χ1n) is 31.4. The fraction of sp³-hybridized carbons (Fsp3) is 0.449. The molecular formula is C69H82FN11O9S. The second kappa shape index (κ2) is 27.2. The quantitative estimate of drug-likeness (QED) is 0.0570. The first-order valence-corrected chi connectivity index (χ1v) is 32.3. The number of fused-ring (bicyclic) bond motifs is 4. The molecule has 3 aliphatic heterocycles. The number of hydrogen-bond donors (Lipinski definition) is 3. The van der Waals surface area contributed by atoms with Crippen LogP contribution in [0.5, 0.6) is 17.5 Å². The molecule has 0 spiro atoms. The molecule has 3 atom stereocenters. The fourth-order valence-corrected chi connectivity index (χ4v) is 13.7. The van der Waals surface area contributed by atoms with Gasteiger partial charge in [-0.3, -0.25) is 28.8 Å². The second-order valence-corrected chi connectivity index (χ2v) is 27.0. The van der Waals surface area contributed by atoms with Crippen molar-refractivity contribution < 1.29 is 47.6 Å². The summed E-state index contributed by atoms with van der Waals surface area (Å²) in [5.74, 6) is -0.802. The SMILES string of the molecule is CCc1cccc2cc(OCOC)cc(-c3ncc4c(N5CC6CCC(C5)N6C(=O)OC(C)(C)C)nc(OCc5cccn5CCC5CCN(CCC(=O)N[C@H](C(=O)n6cc(O)cc6C(=O)NCc6ccc(-c7scnc7C)cc6)C(C)(C)C)CC5)nc4c3F)c12. The third-order valence-corrected chi connectivity index (χ3v) is 18.5. The molecule has 3 N–H and O–H groups in total. The van der Waals surface area contributed by atoms with E-state index in [4.69, 9.17) is 33.9 Å². The lowest BCUT2D eigenvalue weighted by Crippen LogP contribution is -2.57. The normalized spacial score (nSPS) is 16.8. The molecule has 22 heteroatoms. The Labute approximate surface area is 534 Å². The van der Waals surface area contributed by atoms with Gasteiger partial charge in [-0.15, -0.1) is 11.3 Å². The van der Waals surface area contributed by atoms with Crippen LogP contribution in [0.2, 0.25) is 0 Å². The number of aromatic nitrogens is 6. The number of likely N-dealkylation sites (tertiary alicyclic amines) is 1. The summed E-state index contributed by atoms with van der Waals surface area (Å²) in [6.07, 6.45) is 9.83. The Hall–Kier alpha value is -8.47. The van der Waals surface area contributed by atoms with Crippen LogP contribution in [0.3, 0.4) is 0 Å². The molecule has 5 aromatic heterocycles. The maximum Gasteiger partial charge on any atom is 0.410 e. The van der Waals surface area contributed by atoms with Crippen molar-refractivity contribution in [3.05, 3.63) is 131 Å². The number of nitrogens with zero attached hydrogens (tertiary/aromatic N) is 9. The molecule has 3 saturated heterocycles. The summed E-state index contributed by atoms with van der Waals surface area (Å²) in [5, 5.41) is 18.6. The van der Waals surface area contributed by atoms with Gasteiger partial charge in [-0.25, -0.2) is 14.2 Å². The summed E-state index contributed by atoms with van der Waals surface area (Å²) in [7, 11) is 1.55. The maximum absolute atomic E-state index is 17.7. The minimum Gasteiger partial charge on any atom is -0.506 e. The van der Waals surface area contributed by atoms with Crippen LogP contribution >= 0.6 is 11.3 Å². The molecule has 20 nitrogen and oxygen atoms in total. The van der Waals surface area contributed by atoms with Gasteiger partial charge in [0.25, 0.3) is 11.8 Å². The Bertz CT molecular complexity index is 3940. The van der Waals surface area contributed by atoms with Crippen LogP contribution in [0, 0.1) is 24.1 Å². The monoisotopic (exact) mass is 1260 g/mol. The van der Waals surface area contributed by atoms with Crippen molar-refractivity contribution >= 4 is 62.6 Å². The van der Waals surface area contributed by atoms with Crippen LogP contribution in [-0.4, -0.2) is 138 Å². The minimum atomic E-state index is -0.996. The lowest BCUT2D eigenvalue weighted by Gasteiger charge is -2.42. The number of nitrogens with one attached hydrogen (secondary N) is 2. The number of pyridine rings is 1. The van der Waals surface area contributed by atoms with E-state index < -0.39 is 34.7 Å². The van der Waals surface area contributed by atoms with Gasteiger partial charge in [-0.1, -0.05) is 70.2 Å². The van der Waals surface area contributed by atoms with E-state index in [2.05, 4.69) is 36.9 Å². The zero-order valence-corrected chi connectivity index (χ0v) is 54.2. The molecule has 3 fully saturated rings. The van der Waals surface area contributed by atoms with Crippen molar-refractivity contribution in [3.8, 4) is 39.2 Å². The van der Waals surface area contributed by atoms with Gasteiger partial charge in [0.2, 0.25) is 5.91 Å². The molecular weight excluding hydrogens is 1180 g/mol. The molecule has 0 aliphatic carbocycles. The van der Waals surface area contributed by atoms with Gasteiger partial charge in [0, 0.05) is 70.3 Å². The highest BCUT2D eigenvalue weighted by atomic mass is 32.1. The van der Waals surface area contributed by atoms with E-state index in [0.717, 1.165) is 100 Å². The number of piperidine rings is 1. The number of benzene rings is 3. The Kier molecular flexibility index (Phi) is 19.1. The predicted octanol–water partition coefficient (Wildman–Crippen LogP) is 11.7. The Morgan fingerprint density at radius 3 is 2.34 bits per heavy atom.